The van der Waals surface area contributed by atoms with Gasteiger partial charge in [-0.1, -0.05) is 12.8 Å². The van der Waals surface area contributed by atoms with Crippen LogP contribution in [0.3, 0.4) is 0 Å². The van der Waals surface area contributed by atoms with Gasteiger partial charge in [-0.25, -0.2) is 0 Å². The highest BCUT2D eigenvalue weighted by atomic mass is 16.4. The van der Waals surface area contributed by atoms with Gasteiger partial charge < -0.3 is 10.4 Å². The maximum absolute atomic E-state index is 10.8. The molecule has 0 aromatic heterocycles. The van der Waals surface area contributed by atoms with Gasteiger partial charge in [-0.15, -0.1) is 0 Å². The van der Waals surface area contributed by atoms with Gasteiger partial charge in [0.05, 0.1) is 5.41 Å². The van der Waals surface area contributed by atoms with E-state index in [1.807, 2.05) is 0 Å². The lowest BCUT2D eigenvalue weighted by Crippen LogP contribution is -2.40. The van der Waals surface area contributed by atoms with Crippen molar-refractivity contribution in [3.05, 3.63) is 0 Å². The maximum Gasteiger partial charge on any atom is 0.310 e. The zero-order valence-electron chi connectivity index (χ0n) is 9.34. The second kappa shape index (κ2) is 4.30. The fourth-order valence-electron chi connectivity index (χ4n) is 1.44. The molecule has 1 atom stereocenters. The van der Waals surface area contributed by atoms with Gasteiger partial charge in [-0.05, 0) is 33.1 Å². The van der Waals surface area contributed by atoms with Crippen LogP contribution in [0.1, 0.15) is 40.0 Å². The molecule has 1 unspecified atom stereocenters. The quantitative estimate of drug-likeness (QED) is 0.686. The number of carboxylic acids is 1. The number of aliphatic carboxylic acids is 1. The average Bonchev–Trinajstić information content (AvgIpc) is 2.85. The zero-order valence-corrected chi connectivity index (χ0v) is 9.34. The van der Waals surface area contributed by atoms with E-state index in [0.29, 0.717) is 12.6 Å². The summed E-state index contributed by atoms with van der Waals surface area (Å²) in [6.45, 7) is 6.20. The normalized spacial score (nSPS) is 19.4. The number of hydrogen-bond acceptors (Lipinski definition) is 2. The Morgan fingerprint density at radius 2 is 2.14 bits per heavy atom. The van der Waals surface area contributed by atoms with E-state index in [9.17, 15) is 4.79 Å². The van der Waals surface area contributed by atoms with Crippen molar-refractivity contribution in [2.24, 2.45) is 11.3 Å². The van der Waals surface area contributed by atoms with Gasteiger partial charge in [-0.2, -0.15) is 0 Å². The van der Waals surface area contributed by atoms with Gasteiger partial charge in [0.25, 0.3) is 0 Å². The molecule has 2 N–H and O–H groups in total. The summed E-state index contributed by atoms with van der Waals surface area (Å²) >= 11 is 0. The Kier molecular flexibility index (Phi) is 3.53. The van der Waals surface area contributed by atoms with Crippen LogP contribution in [-0.4, -0.2) is 23.7 Å². The van der Waals surface area contributed by atoms with E-state index in [1.54, 1.807) is 13.8 Å². The number of carboxylic acid groups (broad SMARTS) is 1. The van der Waals surface area contributed by atoms with Crippen molar-refractivity contribution < 1.29 is 9.90 Å². The van der Waals surface area contributed by atoms with Gasteiger partial charge in [-0.3, -0.25) is 4.79 Å². The Labute approximate surface area is 85.9 Å². The lowest BCUT2D eigenvalue weighted by atomic mass is 9.93. The molecule has 14 heavy (non-hydrogen) atoms. The largest absolute Gasteiger partial charge is 0.481 e. The maximum atomic E-state index is 10.8. The van der Waals surface area contributed by atoms with E-state index in [-0.39, 0.29) is 0 Å². The second-order valence-corrected chi connectivity index (χ2v) is 5.15. The predicted molar refractivity (Wildman–Crippen MR) is 56.2 cm³/mol. The van der Waals surface area contributed by atoms with Crippen molar-refractivity contribution in [2.75, 3.05) is 6.54 Å². The zero-order chi connectivity index (χ0) is 10.8. The lowest BCUT2D eigenvalue weighted by Gasteiger charge is -2.22. The third kappa shape index (κ3) is 3.66. The fourth-order valence-corrected chi connectivity index (χ4v) is 1.44. The van der Waals surface area contributed by atoms with Gasteiger partial charge in [0.15, 0.2) is 0 Å². The second-order valence-electron chi connectivity index (χ2n) is 5.15. The predicted octanol–water partition coefficient (Wildman–Crippen LogP) is 1.88. The molecule has 1 rings (SSSR count). The smallest absolute Gasteiger partial charge is 0.310 e. The van der Waals surface area contributed by atoms with Crippen LogP contribution in [0.5, 0.6) is 0 Å². The van der Waals surface area contributed by atoms with Crippen LogP contribution in [0.25, 0.3) is 0 Å². The molecule has 0 heterocycles. The number of rotatable bonds is 6. The topological polar surface area (TPSA) is 49.3 Å². The van der Waals surface area contributed by atoms with Crippen LogP contribution in [-0.2, 0) is 4.79 Å². The minimum atomic E-state index is -0.733. The molecule has 1 fully saturated rings. The molecule has 0 aromatic carbocycles. The Morgan fingerprint density at radius 1 is 1.57 bits per heavy atom. The van der Waals surface area contributed by atoms with Crippen molar-refractivity contribution in [3.63, 3.8) is 0 Å². The molecule has 0 aliphatic heterocycles. The molecule has 0 aromatic rings. The molecule has 3 nitrogen and oxygen atoms in total. The first-order valence-corrected chi connectivity index (χ1v) is 5.38. The van der Waals surface area contributed by atoms with Gasteiger partial charge in [0.2, 0.25) is 0 Å². The van der Waals surface area contributed by atoms with E-state index in [0.717, 1.165) is 5.92 Å². The monoisotopic (exact) mass is 199 g/mol. The van der Waals surface area contributed by atoms with E-state index in [1.165, 1.54) is 19.3 Å². The molecule has 1 saturated carbocycles. The molecule has 3 heteroatoms. The summed E-state index contributed by atoms with van der Waals surface area (Å²) in [6, 6.07) is 0.445. The molecule has 0 saturated heterocycles. The molecule has 0 radical (unpaired) electrons. The number of nitrogens with one attached hydrogen (secondary N) is 1. The summed E-state index contributed by atoms with van der Waals surface area (Å²) in [5.41, 5.74) is -0.655. The minimum Gasteiger partial charge on any atom is -0.481 e. The van der Waals surface area contributed by atoms with E-state index in [4.69, 9.17) is 5.11 Å². The highest BCUT2D eigenvalue weighted by molar-refractivity contribution is 5.73. The number of hydrogen-bond donors (Lipinski definition) is 2. The SMILES string of the molecule is CC(CC1CC1)NCC(C)(C)C(=O)O. The summed E-state index contributed by atoms with van der Waals surface area (Å²) in [5.74, 6) is 0.161. The summed E-state index contributed by atoms with van der Waals surface area (Å²) in [4.78, 5) is 10.8. The molecule has 1 aliphatic carbocycles. The summed E-state index contributed by atoms with van der Waals surface area (Å²) in [5, 5.41) is 12.2. The molecule has 0 bridgehead atoms. The third-order valence-electron chi connectivity index (χ3n) is 2.86. The van der Waals surface area contributed by atoms with Crippen LogP contribution in [0.15, 0.2) is 0 Å². The Balaban J connectivity index is 2.20. The van der Waals surface area contributed by atoms with Crippen LogP contribution in [0.2, 0.25) is 0 Å². The Bertz CT molecular complexity index is 209. The first-order valence-electron chi connectivity index (χ1n) is 5.38. The highest BCUT2D eigenvalue weighted by Crippen LogP contribution is 2.33. The standard InChI is InChI=1S/C11H21NO2/c1-8(6-9-4-5-9)12-7-11(2,3)10(13)14/h8-9,12H,4-7H2,1-3H3,(H,13,14). The van der Waals surface area contributed by atoms with Gasteiger partial charge in [0, 0.05) is 12.6 Å². The summed E-state index contributed by atoms with van der Waals surface area (Å²) in [6.07, 6.45) is 3.90. The Hall–Kier alpha value is -0.570. The average molecular weight is 199 g/mol. The molecule has 0 spiro atoms. The van der Waals surface area contributed by atoms with Crippen LogP contribution in [0.4, 0.5) is 0 Å². The van der Waals surface area contributed by atoms with Crippen molar-refractivity contribution in [3.8, 4) is 0 Å². The molecular formula is C11H21NO2. The van der Waals surface area contributed by atoms with Crippen LogP contribution < -0.4 is 5.32 Å². The molecular weight excluding hydrogens is 178 g/mol. The fraction of sp³-hybridized carbons (Fsp3) is 0.909. The Morgan fingerprint density at radius 3 is 2.57 bits per heavy atom. The van der Waals surface area contributed by atoms with Gasteiger partial charge in [0.1, 0.15) is 0 Å². The van der Waals surface area contributed by atoms with E-state index in [2.05, 4.69) is 12.2 Å². The molecule has 0 amide bonds. The van der Waals surface area contributed by atoms with Crippen molar-refractivity contribution >= 4 is 5.97 Å². The van der Waals surface area contributed by atoms with Crippen molar-refractivity contribution in [2.45, 2.75) is 46.1 Å². The number of carbonyl (C=O) groups is 1. The van der Waals surface area contributed by atoms with Crippen molar-refractivity contribution in [1.29, 1.82) is 0 Å². The lowest BCUT2D eigenvalue weighted by molar-refractivity contribution is -0.146. The highest BCUT2D eigenvalue weighted by Gasteiger charge is 2.28. The first kappa shape index (κ1) is 11.5. The molecule has 82 valence electrons. The first-order chi connectivity index (χ1) is 6.42. The van der Waals surface area contributed by atoms with E-state index < -0.39 is 11.4 Å². The van der Waals surface area contributed by atoms with Crippen molar-refractivity contribution in [1.82, 2.24) is 5.32 Å². The minimum absolute atomic E-state index is 0.445. The molecule has 1 aliphatic rings. The van der Waals surface area contributed by atoms with Crippen LogP contribution in [0, 0.1) is 11.3 Å². The third-order valence-corrected chi connectivity index (χ3v) is 2.86. The van der Waals surface area contributed by atoms with Crippen LogP contribution >= 0.6 is 0 Å². The van der Waals surface area contributed by atoms with Gasteiger partial charge >= 0.3 is 5.97 Å². The summed E-state index contributed by atoms with van der Waals surface area (Å²) in [7, 11) is 0. The van der Waals surface area contributed by atoms with E-state index >= 15 is 0 Å². The summed E-state index contributed by atoms with van der Waals surface area (Å²) < 4.78 is 0.